The summed E-state index contributed by atoms with van der Waals surface area (Å²) < 4.78 is 2.08. The van der Waals surface area contributed by atoms with Gasteiger partial charge in [0, 0.05) is 37.4 Å². The van der Waals surface area contributed by atoms with Gasteiger partial charge in [-0.15, -0.1) is 11.3 Å². The first-order chi connectivity index (χ1) is 8.33. The molecule has 94 valence electrons. The van der Waals surface area contributed by atoms with E-state index in [2.05, 4.69) is 45.0 Å². The van der Waals surface area contributed by atoms with Crippen molar-refractivity contribution in [1.82, 2.24) is 19.6 Å². The van der Waals surface area contributed by atoms with Gasteiger partial charge in [-0.05, 0) is 13.1 Å². The largest absolute Gasteiger partial charge is 0.310 e. The van der Waals surface area contributed by atoms with Crippen molar-refractivity contribution in [3.05, 3.63) is 23.5 Å². The van der Waals surface area contributed by atoms with Crippen molar-refractivity contribution < 1.29 is 0 Å². The van der Waals surface area contributed by atoms with Crippen LogP contribution in [0, 0.1) is 0 Å². The van der Waals surface area contributed by atoms with Crippen LogP contribution in [0.25, 0.3) is 4.96 Å². The second-order valence-corrected chi connectivity index (χ2v) is 4.90. The van der Waals surface area contributed by atoms with Crippen molar-refractivity contribution in [2.75, 3.05) is 26.2 Å². The minimum absolute atomic E-state index is 0.857. The second-order valence-electron chi connectivity index (χ2n) is 4.03. The van der Waals surface area contributed by atoms with Crippen LogP contribution < -0.4 is 5.32 Å². The third kappa shape index (κ3) is 3.28. The molecule has 0 fully saturated rings. The van der Waals surface area contributed by atoms with Gasteiger partial charge in [0.05, 0.1) is 5.69 Å². The predicted octanol–water partition coefficient (Wildman–Crippen LogP) is 1.83. The number of imidazole rings is 1. The first-order valence-electron chi connectivity index (χ1n) is 6.17. The third-order valence-corrected chi connectivity index (χ3v) is 3.72. The molecule has 0 aliphatic heterocycles. The van der Waals surface area contributed by atoms with Crippen molar-refractivity contribution in [2.24, 2.45) is 0 Å². The molecule has 0 saturated heterocycles. The third-order valence-electron chi connectivity index (χ3n) is 2.95. The Bertz CT molecular complexity index is 415. The van der Waals surface area contributed by atoms with Gasteiger partial charge < -0.3 is 10.2 Å². The summed E-state index contributed by atoms with van der Waals surface area (Å²) in [5, 5.41) is 5.49. The van der Waals surface area contributed by atoms with E-state index >= 15 is 0 Å². The molecule has 4 nitrogen and oxygen atoms in total. The van der Waals surface area contributed by atoms with Gasteiger partial charge in [-0.25, -0.2) is 4.98 Å². The molecule has 0 amide bonds. The van der Waals surface area contributed by atoms with Crippen LogP contribution in [-0.2, 0) is 6.54 Å². The van der Waals surface area contributed by atoms with E-state index in [9.17, 15) is 0 Å². The fourth-order valence-corrected chi connectivity index (χ4v) is 2.57. The predicted molar refractivity (Wildman–Crippen MR) is 72.6 cm³/mol. The van der Waals surface area contributed by atoms with Gasteiger partial charge in [0.25, 0.3) is 0 Å². The highest BCUT2D eigenvalue weighted by Gasteiger charge is 2.02. The zero-order valence-corrected chi connectivity index (χ0v) is 11.3. The molecule has 0 unspecified atom stereocenters. The van der Waals surface area contributed by atoms with Gasteiger partial charge in [0.15, 0.2) is 4.96 Å². The number of hydrogen-bond donors (Lipinski definition) is 1. The van der Waals surface area contributed by atoms with Crippen LogP contribution >= 0.6 is 11.3 Å². The Morgan fingerprint density at radius 2 is 2.24 bits per heavy atom. The quantitative estimate of drug-likeness (QED) is 0.763. The Kier molecular flexibility index (Phi) is 4.53. The molecule has 5 heteroatoms. The molecule has 0 aliphatic carbocycles. The highest BCUT2D eigenvalue weighted by molar-refractivity contribution is 7.15. The van der Waals surface area contributed by atoms with E-state index in [1.807, 2.05) is 6.20 Å². The molecule has 0 atom stereocenters. The molecule has 17 heavy (non-hydrogen) atoms. The first-order valence-corrected chi connectivity index (χ1v) is 7.05. The smallest absolute Gasteiger partial charge is 0.193 e. The Balaban J connectivity index is 1.73. The summed E-state index contributed by atoms with van der Waals surface area (Å²) in [5.41, 5.74) is 1.12. The van der Waals surface area contributed by atoms with Crippen molar-refractivity contribution >= 4 is 16.3 Å². The van der Waals surface area contributed by atoms with Crippen LogP contribution in [0.2, 0.25) is 0 Å². The molecule has 0 saturated carbocycles. The number of likely N-dealkylation sites (N-methyl/N-ethyl adjacent to an activating group) is 1. The fourth-order valence-electron chi connectivity index (χ4n) is 1.85. The molecule has 0 radical (unpaired) electrons. The lowest BCUT2D eigenvalue weighted by Crippen LogP contribution is -2.31. The summed E-state index contributed by atoms with van der Waals surface area (Å²) in [6, 6.07) is 0. The van der Waals surface area contributed by atoms with Crippen molar-refractivity contribution in [3.8, 4) is 0 Å². The average Bonchev–Trinajstić information content (AvgIpc) is 2.89. The molecule has 2 rings (SSSR count). The minimum atomic E-state index is 0.857. The van der Waals surface area contributed by atoms with Crippen LogP contribution in [0.3, 0.4) is 0 Å². The molecular weight excluding hydrogens is 232 g/mol. The van der Waals surface area contributed by atoms with Gasteiger partial charge in [0.2, 0.25) is 0 Å². The summed E-state index contributed by atoms with van der Waals surface area (Å²) in [6.45, 7) is 9.63. The maximum Gasteiger partial charge on any atom is 0.193 e. The molecule has 2 aromatic heterocycles. The summed E-state index contributed by atoms with van der Waals surface area (Å²) in [5.74, 6) is 0. The van der Waals surface area contributed by atoms with E-state index in [4.69, 9.17) is 0 Å². The second kappa shape index (κ2) is 6.14. The number of fused-ring (bicyclic) bond motifs is 1. The fraction of sp³-hybridized carbons (Fsp3) is 0.583. The molecule has 2 aromatic rings. The highest BCUT2D eigenvalue weighted by Crippen LogP contribution is 2.10. The van der Waals surface area contributed by atoms with Gasteiger partial charge >= 0.3 is 0 Å². The lowest BCUT2D eigenvalue weighted by atomic mass is 10.4. The summed E-state index contributed by atoms with van der Waals surface area (Å²) >= 11 is 1.68. The maximum atomic E-state index is 4.54. The van der Waals surface area contributed by atoms with Crippen LogP contribution in [-0.4, -0.2) is 40.5 Å². The van der Waals surface area contributed by atoms with Gasteiger partial charge in [0.1, 0.15) is 0 Å². The lowest BCUT2D eigenvalue weighted by molar-refractivity contribution is 0.302. The number of thiazole rings is 1. The SMILES string of the molecule is CCN(CC)CCNCc1cn2ccsc2n1. The van der Waals surface area contributed by atoms with E-state index in [0.717, 1.165) is 43.4 Å². The monoisotopic (exact) mass is 252 g/mol. The zero-order chi connectivity index (χ0) is 12.1. The summed E-state index contributed by atoms with van der Waals surface area (Å²) in [4.78, 5) is 8.03. The van der Waals surface area contributed by atoms with E-state index in [0.29, 0.717) is 0 Å². The van der Waals surface area contributed by atoms with E-state index in [1.165, 1.54) is 0 Å². The Hall–Kier alpha value is -0.910. The maximum absolute atomic E-state index is 4.54. The van der Waals surface area contributed by atoms with E-state index < -0.39 is 0 Å². The van der Waals surface area contributed by atoms with Crippen LogP contribution in [0.5, 0.6) is 0 Å². The van der Waals surface area contributed by atoms with E-state index in [1.54, 1.807) is 11.3 Å². The van der Waals surface area contributed by atoms with Crippen LogP contribution in [0.1, 0.15) is 19.5 Å². The zero-order valence-electron chi connectivity index (χ0n) is 10.5. The molecule has 2 heterocycles. The molecule has 0 bridgehead atoms. The molecule has 1 N–H and O–H groups in total. The summed E-state index contributed by atoms with van der Waals surface area (Å²) in [7, 11) is 0. The van der Waals surface area contributed by atoms with Gasteiger partial charge in [-0.3, -0.25) is 4.40 Å². The normalized spacial score (nSPS) is 11.7. The number of aromatic nitrogens is 2. The van der Waals surface area contributed by atoms with Crippen molar-refractivity contribution in [3.63, 3.8) is 0 Å². The standard InChI is InChI=1S/C12H20N4S/c1-3-15(4-2)6-5-13-9-11-10-16-7-8-17-12(16)14-11/h7-8,10,13H,3-6,9H2,1-2H3. The van der Waals surface area contributed by atoms with Gasteiger partial charge in [-0.1, -0.05) is 13.8 Å². The Morgan fingerprint density at radius 1 is 1.41 bits per heavy atom. The van der Waals surface area contributed by atoms with Crippen LogP contribution in [0.15, 0.2) is 17.8 Å². The number of rotatable bonds is 7. The van der Waals surface area contributed by atoms with E-state index in [-0.39, 0.29) is 0 Å². The highest BCUT2D eigenvalue weighted by atomic mass is 32.1. The topological polar surface area (TPSA) is 32.6 Å². The van der Waals surface area contributed by atoms with Crippen LogP contribution in [0.4, 0.5) is 0 Å². The van der Waals surface area contributed by atoms with Crippen molar-refractivity contribution in [2.45, 2.75) is 20.4 Å². The molecule has 0 aromatic carbocycles. The number of nitrogens with zero attached hydrogens (tertiary/aromatic N) is 3. The number of nitrogens with one attached hydrogen (secondary N) is 1. The van der Waals surface area contributed by atoms with Crippen molar-refractivity contribution in [1.29, 1.82) is 0 Å². The summed E-state index contributed by atoms with van der Waals surface area (Å²) in [6.07, 6.45) is 4.14. The Labute approximate surface area is 106 Å². The molecule has 0 spiro atoms. The van der Waals surface area contributed by atoms with Gasteiger partial charge in [-0.2, -0.15) is 0 Å². The minimum Gasteiger partial charge on any atom is -0.310 e. The molecule has 0 aliphatic rings. The molecular formula is C12H20N4S. The number of hydrogen-bond acceptors (Lipinski definition) is 4. The average molecular weight is 252 g/mol. The first kappa shape index (κ1) is 12.5. The Morgan fingerprint density at radius 3 is 2.94 bits per heavy atom. The lowest BCUT2D eigenvalue weighted by Gasteiger charge is -2.17.